The third-order valence-electron chi connectivity index (χ3n) is 4.95. The average molecular weight is 367 g/mol. The summed E-state index contributed by atoms with van der Waals surface area (Å²) in [5.74, 6) is 0. The number of nitrogens with zero attached hydrogens (tertiary/aromatic N) is 2. The SMILES string of the molecule is O=c1ccc(-c2ccc3cn[nH]c3c2)cn1Cc1ccccc1-c1ccoc1. The van der Waals surface area contributed by atoms with Crippen molar-refractivity contribution in [3.05, 3.63) is 102 Å². The normalized spacial score (nSPS) is 11.1. The molecule has 0 saturated carbocycles. The Kier molecular flexibility index (Phi) is 3.91. The number of fused-ring (bicyclic) bond motifs is 1. The molecule has 0 unspecified atom stereocenters. The number of nitrogens with one attached hydrogen (secondary N) is 1. The van der Waals surface area contributed by atoms with Gasteiger partial charge in [-0.3, -0.25) is 9.89 Å². The van der Waals surface area contributed by atoms with Crippen molar-refractivity contribution >= 4 is 10.9 Å². The standard InChI is InChI=1S/C23H17N3O2/c27-23-8-7-18(16-5-6-17-12-24-25-22(17)11-16)13-26(23)14-19-3-1-2-4-21(19)20-9-10-28-15-20/h1-13,15H,14H2,(H,24,25). The van der Waals surface area contributed by atoms with Crippen LogP contribution in [0.15, 0.2) is 94.8 Å². The Balaban J connectivity index is 1.55. The molecule has 5 rings (SSSR count). The van der Waals surface area contributed by atoms with Gasteiger partial charge in [0, 0.05) is 23.2 Å². The van der Waals surface area contributed by atoms with Gasteiger partial charge >= 0.3 is 0 Å². The zero-order chi connectivity index (χ0) is 18.9. The van der Waals surface area contributed by atoms with Crippen LogP contribution in [0.2, 0.25) is 0 Å². The third-order valence-corrected chi connectivity index (χ3v) is 4.95. The van der Waals surface area contributed by atoms with Gasteiger partial charge in [0.15, 0.2) is 0 Å². The Bertz CT molecular complexity index is 1310. The molecule has 0 aliphatic carbocycles. The van der Waals surface area contributed by atoms with E-state index in [-0.39, 0.29) is 5.56 Å². The highest BCUT2D eigenvalue weighted by molar-refractivity contribution is 5.83. The van der Waals surface area contributed by atoms with Crippen LogP contribution in [0.1, 0.15) is 5.56 Å². The molecule has 0 spiro atoms. The van der Waals surface area contributed by atoms with E-state index in [1.807, 2.05) is 60.8 Å². The quantitative estimate of drug-likeness (QED) is 0.501. The predicted octanol–water partition coefficient (Wildman–Crippen LogP) is 4.70. The molecule has 5 nitrogen and oxygen atoms in total. The van der Waals surface area contributed by atoms with Crippen LogP contribution in [0.4, 0.5) is 0 Å². The maximum atomic E-state index is 12.5. The summed E-state index contributed by atoms with van der Waals surface area (Å²) in [6.45, 7) is 0.486. The van der Waals surface area contributed by atoms with Gasteiger partial charge in [-0.25, -0.2) is 0 Å². The largest absolute Gasteiger partial charge is 0.472 e. The second-order valence-electron chi connectivity index (χ2n) is 6.73. The summed E-state index contributed by atoms with van der Waals surface area (Å²) in [5.41, 5.74) is 6.09. The molecule has 28 heavy (non-hydrogen) atoms. The van der Waals surface area contributed by atoms with Crippen LogP contribution >= 0.6 is 0 Å². The van der Waals surface area contributed by atoms with Crippen molar-refractivity contribution in [1.29, 1.82) is 0 Å². The lowest BCUT2D eigenvalue weighted by Crippen LogP contribution is -2.19. The van der Waals surface area contributed by atoms with E-state index in [9.17, 15) is 4.79 Å². The lowest BCUT2D eigenvalue weighted by molar-refractivity contribution is 0.568. The number of aromatic nitrogens is 3. The summed E-state index contributed by atoms with van der Waals surface area (Å²) in [5, 5.41) is 8.12. The van der Waals surface area contributed by atoms with Crippen LogP contribution in [0, 0.1) is 0 Å². The summed E-state index contributed by atoms with van der Waals surface area (Å²) >= 11 is 0. The van der Waals surface area contributed by atoms with Crippen LogP contribution in [0.5, 0.6) is 0 Å². The molecular formula is C23H17N3O2. The molecule has 0 fully saturated rings. The number of hydrogen-bond donors (Lipinski definition) is 1. The summed E-state index contributed by atoms with van der Waals surface area (Å²) in [6, 6.07) is 19.6. The van der Waals surface area contributed by atoms with Crippen LogP contribution in [0.25, 0.3) is 33.2 Å². The number of rotatable bonds is 4. The van der Waals surface area contributed by atoms with E-state index in [1.54, 1.807) is 29.4 Å². The fourth-order valence-corrected chi connectivity index (χ4v) is 3.48. The molecule has 2 aromatic carbocycles. The summed E-state index contributed by atoms with van der Waals surface area (Å²) < 4.78 is 6.97. The lowest BCUT2D eigenvalue weighted by Gasteiger charge is -2.12. The van der Waals surface area contributed by atoms with E-state index in [1.165, 1.54) is 0 Å². The number of aromatic amines is 1. The number of furan rings is 1. The number of H-pyrrole nitrogens is 1. The maximum absolute atomic E-state index is 12.5. The molecule has 3 heterocycles. The summed E-state index contributed by atoms with van der Waals surface area (Å²) in [6.07, 6.45) is 7.08. The summed E-state index contributed by atoms with van der Waals surface area (Å²) in [4.78, 5) is 12.5. The predicted molar refractivity (Wildman–Crippen MR) is 109 cm³/mol. The van der Waals surface area contributed by atoms with Crippen molar-refractivity contribution < 1.29 is 4.42 Å². The van der Waals surface area contributed by atoms with E-state index in [4.69, 9.17) is 4.42 Å². The topological polar surface area (TPSA) is 63.8 Å². The van der Waals surface area contributed by atoms with Crippen molar-refractivity contribution in [1.82, 2.24) is 14.8 Å². The molecule has 0 saturated heterocycles. The van der Waals surface area contributed by atoms with Gasteiger partial charge in [-0.2, -0.15) is 5.10 Å². The first kappa shape index (κ1) is 16.3. The van der Waals surface area contributed by atoms with Gasteiger partial charge in [0.2, 0.25) is 0 Å². The van der Waals surface area contributed by atoms with Crippen molar-refractivity contribution in [3.63, 3.8) is 0 Å². The molecule has 0 bridgehead atoms. The molecule has 5 aromatic rings. The molecule has 0 radical (unpaired) electrons. The van der Waals surface area contributed by atoms with Crippen LogP contribution < -0.4 is 5.56 Å². The molecule has 3 aromatic heterocycles. The molecule has 0 aliphatic rings. The van der Waals surface area contributed by atoms with Crippen molar-refractivity contribution in [2.24, 2.45) is 0 Å². The highest BCUT2D eigenvalue weighted by Crippen LogP contribution is 2.26. The first-order valence-electron chi connectivity index (χ1n) is 9.02. The van der Waals surface area contributed by atoms with Crippen molar-refractivity contribution in [2.45, 2.75) is 6.54 Å². The fourth-order valence-electron chi connectivity index (χ4n) is 3.48. The minimum atomic E-state index is -0.0339. The maximum Gasteiger partial charge on any atom is 0.250 e. The molecule has 0 aliphatic heterocycles. The molecule has 1 N–H and O–H groups in total. The molecule has 0 atom stereocenters. The Morgan fingerprint density at radius 2 is 1.86 bits per heavy atom. The average Bonchev–Trinajstić information content (AvgIpc) is 3.41. The highest BCUT2D eigenvalue weighted by atomic mass is 16.3. The Morgan fingerprint density at radius 3 is 2.75 bits per heavy atom. The van der Waals surface area contributed by atoms with Crippen molar-refractivity contribution in [3.8, 4) is 22.3 Å². The van der Waals surface area contributed by atoms with E-state index < -0.39 is 0 Å². The lowest BCUT2D eigenvalue weighted by atomic mass is 10.0. The number of pyridine rings is 1. The van der Waals surface area contributed by atoms with Crippen LogP contribution in [0.3, 0.4) is 0 Å². The monoisotopic (exact) mass is 367 g/mol. The second-order valence-corrected chi connectivity index (χ2v) is 6.73. The number of benzene rings is 2. The number of hydrogen-bond acceptors (Lipinski definition) is 3. The van der Waals surface area contributed by atoms with Gasteiger partial charge in [-0.05, 0) is 40.5 Å². The molecule has 0 amide bonds. The van der Waals surface area contributed by atoms with E-state index >= 15 is 0 Å². The van der Waals surface area contributed by atoms with Crippen LogP contribution in [-0.4, -0.2) is 14.8 Å². The fraction of sp³-hybridized carbons (Fsp3) is 0.0435. The second kappa shape index (κ2) is 6.70. The van der Waals surface area contributed by atoms with Gasteiger partial charge in [-0.1, -0.05) is 36.4 Å². The van der Waals surface area contributed by atoms with Gasteiger partial charge in [0.25, 0.3) is 5.56 Å². The molecule has 136 valence electrons. The van der Waals surface area contributed by atoms with Gasteiger partial charge in [0.1, 0.15) is 0 Å². The molecular weight excluding hydrogens is 350 g/mol. The minimum absolute atomic E-state index is 0.0339. The highest BCUT2D eigenvalue weighted by Gasteiger charge is 2.09. The Hall–Kier alpha value is -3.86. The zero-order valence-electron chi connectivity index (χ0n) is 15.0. The summed E-state index contributed by atoms with van der Waals surface area (Å²) in [7, 11) is 0. The first-order valence-corrected chi connectivity index (χ1v) is 9.02. The smallest absolute Gasteiger partial charge is 0.250 e. The van der Waals surface area contributed by atoms with E-state index in [2.05, 4.69) is 10.2 Å². The van der Waals surface area contributed by atoms with Gasteiger partial charge in [-0.15, -0.1) is 0 Å². The van der Waals surface area contributed by atoms with Gasteiger partial charge in [0.05, 0.1) is 30.8 Å². The Morgan fingerprint density at radius 1 is 0.964 bits per heavy atom. The van der Waals surface area contributed by atoms with Crippen molar-refractivity contribution in [2.75, 3.05) is 0 Å². The third kappa shape index (κ3) is 2.93. The van der Waals surface area contributed by atoms with E-state index in [0.29, 0.717) is 6.54 Å². The van der Waals surface area contributed by atoms with Crippen LogP contribution in [-0.2, 0) is 6.54 Å². The Labute approximate surface area is 160 Å². The van der Waals surface area contributed by atoms with E-state index in [0.717, 1.165) is 38.7 Å². The minimum Gasteiger partial charge on any atom is -0.472 e. The molecule has 5 heteroatoms. The van der Waals surface area contributed by atoms with Gasteiger partial charge < -0.3 is 8.98 Å². The first-order chi connectivity index (χ1) is 13.8. The zero-order valence-corrected chi connectivity index (χ0v) is 15.0.